The standard InChI is InChI=1S/C12H14FN3O4/c1-20-7-2-3-15(6-7)12(17)8-4-10(14)9(13)5-11(8)16(18)19/h4-5,7H,2-3,6,14H2,1H3. The predicted molar refractivity (Wildman–Crippen MR) is 68.8 cm³/mol. The van der Waals surface area contributed by atoms with Crippen LogP contribution in [0.25, 0.3) is 0 Å². The number of nitrogens with zero attached hydrogens (tertiary/aromatic N) is 2. The van der Waals surface area contributed by atoms with Gasteiger partial charge >= 0.3 is 0 Å². The molecule has 1 aromatic rings. The Kier molecular flexibility index (Phi) is 3.84. The van der Waals surface area contributed by atoms with E-state index >= 15 is 0 Å². The van der Waals surface area contributed by atoms with E-state index in [1.807, 2.05) is 0 Å². The first-order chi connectivity index (χ1) is 9.43. The van der Waals surface area contributed by atoms with E-state index in [0.717, 1.165) is 6.07 Å². The molecular formula is C12H14FN3O4. The van der Waals surface area contributed by atoms with Crippen LogP contribution in [0.2, 0.25) is 0 Å². The summed E-state index contributed by atoms with van der Waals surface area (Å²) in [6.07, 6.45) is 0.572. The summed E-state index contributed by atoms with van der Waals surface area (Å²) in [4.78, 5) is 23.9. The number of hydrogen-bond acceptors (Lipinski definition) is 5. The first-order valence-corrected chi connectivity index (χ1v) is 5.99. The third kappa shape index (κ3) is 2.55. The van der Waals surface area contributed by atoms with Crippen LogP contribution in [-0.2, 0) is 4.74 Å². The van der Waals surface area contributed by atoms with Crippen molar-refractivity contribution in [1.29, 1.82) is 0 Å². The number of benzene rings is 1. The molecule has 0 aliphatic carbocycles. The van der Waals surface area contributed by atoms with Crippen LogP contribution < -0.4 is 5.73 Å². The topological polar surface area (TPSA) is 98.7 Å². The summed E-state index contributed by atoms with van der Waals surface area (Å²) in [5, 5.41) is 10.9. The molecule has 108 valence electrons. The summed E-state index contributed by atoms with van der Waals surface area (Å²) in [6.45, 7) is 0.787. The Labute approximate surface area is 114 Å². The van der Waals surface area contributed by atoms with Crippen molar-refractivity contribution in [1.82, 2.24) is 4.90 Å². The average molecular weight is 283 g/mol. The molecule has 0 saturated carbocycles. The summed E-state index contributed by atoms with van der Waals surface area (Å²) in [6, 6.07) is 1.68. The van der Waals surface area contributed by atoms with Crippen LogP contribution in [0.5, 0.6) is 0 Å². The predicted octanol–water partition coefficient (Wildman–Crippen LogP) is 1.18. The molecule has 0 bridgehead atoms. The number of nitrogens with two attached hydrogens (primary N) is 1. The van der Waals surface area contributed by atoms with Crippen molar-refractivity contribution < 1.29 is 18.8 Å². The van der Waals surface area contributed by atoms with E-state index in [2.05, 4.69) is 0 Å². The highest BCUT2D eigenvalue weighted by Gasteiger charge is 2.31. The number of rotatable bonds is 3. The molecule has 20 heavy (non-hydrogen) atoms. The third-order valence-corrected chi connectivity index (χ3v) is 3.31. The summed E-state index contributed by atoms with van der Waals surface area (Å²) in [7, 11) is 1.54. The van der Waals surface area contributed by atoms with E-state index < -0.39 is 22.3 Å². The quantitative estimate of drug-likeness (QED) is 0.510. The molecule has 1 aliphatic rings. The summed E-state index contributed by atoms with van der Waals surface area (Å²) >= 11 is 0. The lowest BCUT2D eigenvalue weighted by Crippen LogP contribution is -2.30. The Morgan fingerprint density at radius 2 is 2.30 bits per heavy atom. The minimum Gasteiger partial charge on any atom is -0.396 e. The number of nitro groups is 1. The maximum Gasteiger partial charge on any atom is 0.285 e. The number of likely N-dealkylation sites (tertiary alicyclic amines) is 1. The molecule has 1 saturated heterocycles. The Morgan fingerprint density at radius 1 is 1.60 bits per heavy atom. The molecule has 0 radical (unpaired) electrons. The van der Waals surface area contributed by atoms with Gasteiger partial charge in [-0.3, -0.25) is 14.9 Å². The van der Waals surface area contributed by atoms with Gasteiger partial charge in [-0.1, -0.05) is 0 Å². The second kappa shape index (κ2) is 5.41. The number of methoxy groups -OCH3 is 1. The molecular weight excluding hydrogens is 269 g/mol. The van der Waals surface area contributed by atoms with Crippen molar-refractivity contribution in [2.24, 2.45) is 0 Å². The molecule has 7 nitrogen and oxygen atoms in total. The van der Waals surface area contributed by atoms with Crippen molar-refractivity contribution in [2.45, 2.75) is 12.5 Å². The molecule has 1 atom stereocenters. The van der Waals surface area contributed by atoms with E-state index in [-0.39, 0.29) is 17.4 Å². The summed E-state index contributed by atoms with van der Waals surface area (Å²) in [5.41, 5.74) is 4.31. The molecule has 1 fully saturated rings. The fourth-order valence-corrected chi connectivity index (χ4v) is 2.18. The summed E-state index contributed by atoms with van der Waals surface area (Å²) in [5.74, 6) is -1.45. The van der Waals surface area contributed by atoms with E-state index in [0.29, 0.717) is 25.6 Å². The molecule has 1 heterocycles. The van der Waals surface area contributed by atoms with E-state index in [9.17, 15) is 19.3 Å². The molecule has 1 amide bonds. The van der Waals surface area contributed by atoms with Crippen LogP contribution in [0.4, 0.5) is 15.8 Å². The van der Waals surface area contributed by atoms with Gasteiger partial charge in [0, 0.05) is 20.2 Å². The zero-order chi connectivity index (χ0) is 14.9. The Balaban J connectivity index is 2.34. The minimum absolute atomic E-state index is 0.0872. The zero-order valence-electron chi connectivity index (χ0n) is 10.8. The number of amides is 1. The van der Waals surface area contributed by atoms with Crippen LogP contribution >= 0.6 is 0 Å². The van der Waals surface area contributed by atoms with Crippen LogP contribution in [0, 0.1) is 15.9 Å². The highest BCUT2D eigenvalue weighted by atomic mass is 19.1. The van der Waals surface area contributed by atoms with Crippen molar-refractivity contribution in [3.05, 3.63) is 33.6 Å². The zero-order valence-corrected chi connectivity index (χ0v) is 10.8. The van der Waals surface area contributed by atoms with E-state index in [1.165, 1.54) is 12.0 Å². The second-order valence-electron chi connectivity index (χ2n) is 4.55. The Bertz CT molecular complexity index is 564. The molecule has 0 spiro atoms. The molecule has 1 aromatic carbocycles. The van der Waals surface area contributed by atoms with Crippen molar-refractivity contribution in [2.75, 3.05) is 25.9 Å². The van der Waals surface area contributed by atoms with Gasteiger partial charge in [0.05, 0.1) is 22.8 Å². The smallest absolute Gasteiger partial charge is 0.285 e. The van der Waals surface area contributed by atoms with Gasteiger partial charge in [0.15, 0.2) is 5.82 Å². The van der Waals surface area contributed by atoms with Crippen LogP contribution in [0.1, 0.15) is 16.8 Å². The number of carbonyl (C=O) groups excluding carboxylic acids is 1. The average Bonchev–Trinajstić information content (AvgIpc) is 2.89. The number of ether oxygens (including phenoxy) is 1. The lowest BCUT2D eigenvalue weighted by Gasteiger charge is -2.16. The van der Waals surface area contributed by atoms with Gasteiger partial charge in [0.25, 0.3) is 11.6 Å². The monoisotopic (exact) mass is 283 g/mol. The van der Waals surface area contributed by atoms with Gasteiger partial charge in [0.1, 0.15) is 5.56 Å². The third-order valence-electron chi connectivity index (χ3n) is 3.31. The lowest BCUT2D eigenvalue weighted by molar-refractivity contribution is -0.385. The Hall–Kier alpha value is -2.22. The first kappa shape index (κ1) is 14.2. The van der Waals surface area contributed by atoms with Crippen LogP contribution in [0.3, 0.4) is 0 Å². The molecule has 8 heteroatoms. The highest BCUT2D eigenvalue weighted by Crippen LogP contribution is 2.27. The van der Waals surface area contributed by atoms with Crippen molar-refractivity contribution in [3.8, 4) is 0 Å². The Morgan fingerprint density at radius 3 is 2.85 bits per heavy atom. The van der Waals surface area contributed by atoms with Crippen molar-refractivity contribution >= 4 is 17.3 Å². The molecule has 2 N–H and O–H groups in total. The fourth-order valence-electron chi connectivity index (χ4n) is 2.18. The number of hydrogen-bond donors (Lipinski definition) is 1. The van der Waals surface area contributed by atoms with Gasteiger partial charge in [-0.15, -0.1) is 0 Å². The molecule has 2 rings (SSSR count). The number of nitro benzene ring substituents is 1. The second-order valence-corrected chi connectivity index (χ2v) is 4.55. The lowest BCUT2D eigenvalue weighted by atomic mass is 10.1. The minimum atomic E-state index is -0.913. The van der Waals surface area contributed by atoms with E-state index in [1.54, 1.807) is 0 Å². The number of nitrogen functional groups attached to an aromatic ring is 1. The van der Waals surface area contributed by atoms with E-state index in [4.69, 9.17) is 10.5 Å². The van der Waals surface area contributed by atoms with Gasteiger partial charge in [-0.05, 0) is 12.5 Å². The largest absolute Gasteiger partial charge is 0.396 e. The number of carbonyl (C=O) groups is 1. The fraction of sp³-hybridized carbons (Fsp3) is 0.417. The van der Waals surface area contributed by atoms with Gasteiger partial charge < -0.3 is 15.4 Å². The SMILES string of the molecule is COC1CCN(C(=O)c2cc(N)c(F)cc2[N+](=O)[O-])C1. The van der Waals surface area contributed by atoms with Gasteiger partial charge in [-0.25, -0.2) is 4.39 Å². The maximum absolute atomic E-state index is 13.3. The van der Waals surface area contributed by atoms with Crippen LogP contribution in [-0.4, -0.2) is 42.0 Å². The summed E-state index contributed by atoms with van der Waals surface area (Å²) < 4.78 is 18.4. The van der Waals surface area contributed by atoms with Gasteiger partial charge in [-0.2, -0.15) is 0 Å². The maximum atomic E-state index is 13.3. The highest BCUT2D eigenvalue weighted by molar-refractivity contribution is 5.99. The van der Waals surface area contributed by atoms with Crippen LogP contribution in [0.15, 0.2) is 12.1 Å². The number of anilines is 1. The number of halogens is 1. The molecule has 0 aromatic heterocycles. The molecule has 1 unspecified atom stereocenters. The first-order valence-electron chi connectivity index (χ1n) is 5.99. The van der Waals surface area contributed by atoms with Gasteiger partial charge in [0.2, 0.25) is 0 Å². The normalized spacial score (nSPS) is 18.3. The van der Waals surface area contributed by atoms with Crippen molar-refractivity contribution in [3.63, 3.8) is 0 Å². The molecule has 1 aliphatic heterocycles.